The summed E-state index contributed by atoms with van der Waals surface area (Å²) in [7, 11) is 0. The Morgan fingerprint density at radius 3 is 1.85 bits per heavy atom. The van der Waals surface area contributed by atoms with Crippen LogP contribution in [0.4, 0.5) is 0 Å². The van der Waals surface area contributed by atoms with E-state index >= 15 is 0 Å². The molecule has 0 aromatic carbocycles. The molecule has 4 rings (SSSR count). The number of ether oxygens (including phenoxy) is 2. The number of carbonyl (C=O) groups is 1. The Labute approximate surface area is 353 Å². The summed E-state index contributed by atoms with van der Waals surface area (Å²) in [6.07, 6.45) is 25.4. The van der Waals surface area contributed by atoms with Crippen LogP contribution in [-0.4, -0.2) is 80.8 Å². The van der Waals surface area contributed by atoms with Crippen LogP contribution in [0.25, 0.3) is 0 Å². The minimum Gasteiger partial charge on any atom is -0.394 e. The molecule has 0 amide bonds. The van der Waals surface area contributed by atoms with Gasteiger partial charge >= 0.3 is 0 Å². The summed E-state index contributed by atoms with van der Waals surface area (Å²) in [6.45, 7) is 20.4. The highest BCUT2D eigenvalue weighted by atomic mass is 16.7. The van der Waals surface area contributed by atoms with Crippen molar-refractivity contribution in [1.29, 1.82) is 0 Å². The van der Waals surface area contributed by atoms with Crippen molar-refractivity contribution in [1.82, 2.24) is 0 Å². The van der Waals surface area contributed by atoms with Gasteiger partial charge in [0, 0.05) is 0 Å². The van der Waals surface area contributed by atoms with Gasteiger partial charge in [-0.05, 0) is 119 Å². The van der Waals surface area contributed by atoms with Crippen molar-refractivity contribution >= 4 is 5.78 Å². The number of Topliss-reactive ketones (excluding diaryl/α,β-unsaturated/α-hetero) is 1. The Morgan fingerprint density at radius 1 is 0.780 bits per heavy atom. The number of aliphatic hydroxyl groups is 5. The van der Waals surface area contributed by atoms with Crippen molar-refractivity contribution in [3.8, 4) is 0 Å². The van der Waals surface area contributed by atoms with Crippen molar-refractivity contribution in [3.05, 3.63) is 141 Å². The molecule has 4 aliphatic rings. The lowest BCUT2D eigenvalue weighted by Crippen LogP contribution is -2.60. The van der Waals surface area contributed by atoms with Gasteiger partial charge in [0.05, 0.1) is 12.7 Å². The van der Waals surface area contributed by atoms with Gasteiger partial charge in [-0.1, -0.05) is 141 Å². The summed E-state index contributed by atoms with van der Waals surface area (Å²) in [5.41, 5.74) is 10.7. The highest BCUT2D eigenvalue weighted by Crippen LogP contribution is 2.48. The highest BCUT2D eigenvalue weighted by Gasteiger charge is 2.47. The van der Waals surface area contributed by atoms with Crippen molar-refractivity contribution < 1.29 is 39.8 Å². The fourth-order valence-corrected chi connectivity index (χ4v) is 8.29. The molecule has 0 aromatic rings. The summed E-state index contributed by atoms with van der Waals surface area (Å²) in [5, 5.41) is 51.2. The number of allylic oxidation sites excluding steroid dienone is 21. The van der Waals surface area contributed by atoms with Crippen molar-refractivity contribution in [3.63, 3.8) is 0 Å². The molecule has 1 aliphatic heterocycles. The van der Waals surface area contributed by atoms with Crippen LogP contribution in [0.2, 0.25) is 0 Å². The normalized spacial score (nSPS) is 30.9. The first-order valence-corrected chi connectivity index (χ1v) is 21.3. The second-order valence-electron chi connectivity index (χ2n) is 17.8. The topological polar surface area (TPSA) is 137 Å². The van der Waals surface area contributed by atoms with Gasteiger partial charge in [-0.15, -0.1) is 0 Å². The average Bonchev–Trinajstić information content (AvgIpc) is 3.15. The van der Waals surface area contributed by atoms with Crippen molar-refractivity contribution in [2.75, 3.05) is 6.61 Å². The average molecular weight is 811 g/mol. The Morgan fingerprint density at radius 2 is 1.32 bits per heavy atom. The summed E-state index contributed by atoms with van der Waals surface area (Å²) in [5.74, 6) is 0.341. The van der Waals surface area contributed by atoms with Gasteiger partial charge in [0.1, 0.15) is 30.5 Å². The predicted octanol–water partition coefficient (Wildman–Crippen LogP) is 8.89. The third kappa shape index (κ3) is 12.6. The van der Waals surface area contributed by atoms with E-state index in [1.54, 1.807) is 0 Å². The molecule has 0 radical (unpaired) electrons. The van der Waals surface area contributed by atoms with Gasteiger partial charge < -0.3 is 35.0 Å². The number of ketones is 1. The van der Waals surface area contributed by atoms with E-state index in [0.717, 1.165) is 58.3 Å². The second kappa shape index (κ2) is 21.7. The first-order valence-electron chi connectivity index (χ1n) is 21.3. The lowest BCUT2D eigenvalue weighted by atomic mass is 9.67. The van der Waals surface area contributed by atoms with Crippen molar-refractivity contribution in [2.24, 2.45) is 17.3 Å². The largest absolute Gasteiger partial charge is 0.394 e. The van der Waals surface area contributed by atoms with Crippen LogP contribution in [0.1, 0.15) is 101 Å². The third-order valence-corrected chi connectivity index (χ3v) is 12.1. The summed E-state index contributed by atoms with van der Waals surface area (Å²) in [4.78, 5) is 12.4. The SMILES string of the molecule is CC1=C(/C=C/C(C)=C/C=C/C(C)=C/C=C/C=C(C)/C=C/C=C(C)/C=C/C2=C(C)C(=C3CCC3)C(O[C@@H]3OC(CO)[C@@H](O)C(O)C3O)CC2(C)C)C(C(C)C)CC(O)C1=O. The molecular weight excluding hydrogens is 741 g/mol. The molecule has 0 spiro atoms. The summed E-state index contributed by atoms with van der Waals surface area (Å²) in [6, 6.07) is 0. The Kier molecular flexibility index (Phi) is 17.6. The van der Waals surface area contributed by atoms with Crippen molar-refractivity contribution in [2.45, 2.75) is 144 Å². The van der Waals surface area contributed by atoms with Crippen LogP contribution in [0.15, 0.2) is 141 Å². The minimum absolute atomic E-state index is 0.165. The molecule has 59 heavy (non-hydrogen) atoms. The fourth-order valence-electron chi connectivity index (χ4n) is 8.29. The van der Waals surface area contributed by atoms with E-state index in [0.29, 0.717) is 24.3 Å². The molecule has 6 unspecified atom stereocenters. The molecule has 322 valence electrons. The zero-order valence-corrected chi connectivity index (χ0v) is 37.0. The minimum atomic E-state index is -1.48. The molecule has 1 saturated heterocycles. The zero-order chi connectivity index (χ0) is 43.6. The van der Waals surface area contributed by atoms with E-state index in [4.69, 9.17) is 9.47 Å². The quantitative estimate of drug-likeness (QED) is 0.110. The molecule has 1 heterocycles. The van der Waals surface area contributed by atoms with E-state index in [1.807, 2.05) is 44.2 Å². The van der Waals surface area contributed by atoms with Gasteiger partial charge in [-0.2, -0.15) is 0 Å². The molecular formula is C51H70O8. The van der Waals surface area contributed by atoms with Crippen LogP contribution in [0, 0.1) is 17.3 Å². The first-order chi connectivity index (χ1) is 27.9. The zero-order valence-electron chi connectivity index (χ0n) is 37.0. The summed E-state index contributed by atoms with van der Waals surface area (Å²) >= 11 is 0. The molecule has 0 aromatic heterocycles. The maximum absolute atomic E-state index is 12.4. The molecule has 1 saturated carbocycles. The van der Waals surface area contributed by atoms with Crippen LogP contribution in [0.3, 0.4) is 0 Å². The lowest BCUT2D eigenvalue weighted by Gasteiger charge is -2.45. The summed E-state index contributed by atoms with van der Waals surface area (Å²) < 4.78 is 12.1. The maximum Gasteiger partial charge on any atom is 0.187 e. The van der Waals surface area contributed by atoms with Gasteiger partial charge in [0.2, 0.25) is 0 Å². The molecule has 2 fully saturated rings. The van der Waals surface area contributed by atoms with E-state index < -0.39 is 43.4 Å². The number of hydrogen-bond donors (Lipinski definition) is 5. The predicted molar refractivity (Wildman–Crippen MR) is 238 cm³/mol. The van der Waals surface area contributed by atoms with Gasteiger partial charge in [0.15, 0.2) is 12.1 Å². The second-order valence-corrected chi connectivity index (χ2v) is 17.8. The number of carbonyl (C=O) groups excluding carboxylic acids is 1. The van der Waals surface area contributed by atoms with E-state index in [-0.39, 0.29) is 23.2 Å². The number of rotatable bonds is 14. The smallest absolute Gasteiger partial charge is 0.187 e. The third-order valence-electron chi connectivity index (χ3n) is 12.1. The van der Waals surface area contributed by atoms with Gasteiger partial charge in [-0.25, -0.2) is 0 Å². The maximum atomic E-state index is 12.4. The van der Waals surface area contributed by atoms with Crippen LogP contribution < -0.4 is 0 Å². The van der Waals surface area contributed by atoms with Crippen LogP contribution in [-0.2, 0) is 14.3 Å². The molecule has 8 atom stereocenters. The van der Waals surface area contributed by atoms with Gasteiger partial charge in [-0.3, -0.25) is 4.79 Å². The Hall–Kier alpha value is -3.73. The molecule has 5 N–H and O–H groups in total. The number of aliphatic hydroxyl groups excluding tert-OH is 5. The van der Waals surface area contributed by atoms with E-state index in [1.165, 1.54) is 11.1 Å². The highest BCUT2D eigenvalue weighted by molar-refractivity contribution is 6.00. The van der Waals surface area contributed by atoms with Crippen LogP contribution in [0.5, 0.6) is 0 Å². The standard InChI is InChI=1S/C51H70O8/c1-31(2)40-28-42(53)46(54)36(7)39(40)26-24-34(5)20-13-18-32(3)16-11-12-17-33(4)19-14-21-35(6)25-27-41-37(8)45(38-22-15-23-38)43(29-51(41,9)10)58-50-49(57)48(56)47(55)44(30-52)59-50/h11-14,16-21,24-27,31,40,42-44,47-50,52-53,55-57H,15,22-23,28-30H2,1-10H3/b12-11+,18-13+,19-14+,26-24+,27-25+,32-16+,33-17+,34-20+,35-21+/t40?,42?,43?,44?,47-,48?,49?,50-/m1/s1. The molecule has 8 heteroatoms. The molecule has 8 nitrogen and oxygen atoms in total. The van der Waals surface area contributed by atoms with Gasteiger partial charge in [0.25, 0.3) is 0 Å². The number of hydrogen-bond acceptors (Lipinski definition) is 8. The fraction of sp³-hybridized carbons (Fsp3) is 0.510. The monoisotopic (exact) mass is 811 g/mol. The Balaban J connectivity index is 1.36. The molecule has 3 aliphatic carbocycles. The first kappa shape index (κ1) is 47.9. The van der Waals surface area contributed by atoms with E-state index in [9.17, 15) is 30.3 Å². The molecule has 0 bridgehead atoms. The van der Waals surface area contributed by atoms with Crippen LogP contribution >= 0.6 is 0 Å². The Bertz CT molecular complexity index is 1890. The van der Waals surface area contributed by atoms with E-state index in [2.05, 4.69) is 110 Å². The lowest BCUT2D eigenvalue weighted by molar-refractivity contribution is -0.309.